The highest BCUT2D eigenvalue weighted by Crippen LogP contribution is 2.32. The summed E-state index contributed by atoms with van der Waals surface area (Å²) in [5, 5.41) is 0. The molecule has 1 fully saturated rings. The maximum Gasteiger partial charge on any atom is 0.340 e. The largest absolute Gasteiger partial charge is 0.492 e. The number of nitrogens with zero attached hydrogens (tertiary/aromatic N) is 2. The normalized spacial score (nSPS) is 18.4. The summed E-state index contributed by atoms with van der Waals surface area (Å²) in [6.07, 6.45) is 14.7. The van der Waals surface area contributed by atoms with Gasteiger partial charge in [0, 0.05) is 18.0 Å². The zero-order chi connectivity index (χ0) is 26.5. The molecule has 204 valence electrons. The second-order valence-corrected chi connectivity index (χ2v) is 11.1. The summed E-state index contributed by atoms with van der Waals surface area (Å²) in [4.78, 5) is 21.1. The monoisotopic (exact) mass is 576 g/mol. The first-order valence-corrected chi connectivity index (χ1v) is 14.9. The highest BCUT2D eigenvalue weighted by Gasteiger charge is 2.27. The number of aryl methyl sites for hydroxylation is 1. The minimum absolute atomic E-state index is 0.179. The average molecular weight is 578 g/mol. The second kappa shape index (κ2) is 16.1. The van der Waals surface area contributed by atoms with Crippen molar-refractivity contribution >= 4 is 21.9 Å². The molecular formula is C30H42BrFN2O3. The molecule has 0 bridgehead atoms. The van der Waals surface area contributed by atoms with Crippen LogP contribution in [0, 0.1) is 5.92 Å². The molecule has 1 saturated carbocycles. The lowest BCUT2D eigenvalue weighted by Crippen LogP contribution is -2.30. The third-order valence-electron chi connectivity index (χ3n) is 7.08. The standard InChI is InChI=1S/C30H42BrFN2O3/c1-3-5-7-8-9-10-23-19-33-29(34-20-23)24-14-17-28(26(31)18-24)36-21-22-12-15-25(16-13-22)37-30(35)27(32)11-6-4-2/h14,17-20,22,25,27H,3-13,15-16,21H2,1-2H3/t22?,25?,27-/m0/s1. The molecule has 0 saturated heterocycles. The molecule has 1 aromatic carbocycles. The third kappa shape index (κ3) is 9.99. The van der Waals surface area contributed by atoms with Crippen molar-refractivity contribution < 1.29 is 18.7 Å². The molecule has 2 aromatic rings. The molecule has 0 unspecified atom stereocenters. The van der Waals surface area contributed by atoms with E-state index in [-0.39, 0.29) is 12.5 Å². The summed E-state index contributed by atoms with van der Waals surface area (Å²) in [5.41, 5.74) is 2.13. The summed E-state index contributed by atoms with van der Waals surface area (Å²) < 4.78 is 26.3. The van der Waals surface area contributed by atoms with Crippen molar-refractivity contribution in [2.75, 3.05) is 6.61 Å². The number of unbranched alkanes of at least 4 members (excludes halogenated alkanes) is 5. The fourth-order valence-electron chi connectivity index (χ4n) is 4.69. The lowest BCUT2D eigenvalue weighted by Gasteiger charge is -2.28. The van der Waals surface area contributed by atoms with E-state index < -0.39 is 12.1 Å². The van der Waals surface area contributed by atoms with Gasteiger partial charge in [0.05, 0.1) is 11.1 Å². The molecule has 1 aliphatic carbocycles. The molecule has 0 spiro atoms. The number of hydrogen-bond donors (Lipinski definition) is 0. The van der Waals surface area contributed by atoms with Gasteiger partial charge in [-0.15, -0.1) is 0 Å². The number of aromatic nitrogens is 2. The molecule has 1 heterocycles. The van der Waals surface area contributed by atoms with Gasteiger partial charge in [0.25, 0.3) is 0 Å². The first-order chi connectivity index (χ1) is 18.0. The predicted octanol–water partition coefficient (Wildman–Crippen LogP) is 8.43. The number of ether oxygens (including phenoxy) is 2. The van der Waals surface area contributed by atoms with Crippen LogP contribution in [0.5, 0.6) is 5.75 Å². The lowest BCUT2D eigenvalue weighted by atomic mass is 9.88. The number of carbonyl (C=O) groups is 1. The van der Waals surface area contributed by atoms with E-state index in [2.05, 4.69) is 32.8 Å². The summed E-state index contributed by atoms with van der Waals surface area (Å²) in [7, 11) is 0. The van der Waals surface area contributed by atoms with Gasteiger partial charge in [-0.2, -0.15) is 0 Å². The summed E-state index contributed by atoms with van der Waals surface area (Å²) >= 11 is 3.63. The Balaban J connectivity index is 1.41. The van der Waals surface area contributed by atoms with E-state index in [1.807, 2.05) is 37.5 Å². The van der Waals surface area contributed by atoms with Crippen LogP contribution in [0.15, 0.2) is 35.1 Å². The van der Waals surface area contributed by atoms with Crippen LogP contribution in [-0.2, 0) is 16.0 Å². The van der Waals surface area contributed by atoms with Crippen molar-refractivity contribution in [3.63, 3.8) is 0 Å². The fourth-order valence-corrected chi connectivity index (χ4v) is 5.18. The molecular weight excluding hydrogens is 535 g/mol. The van der Waals surface area contributed by atoms with Crippen molar-refractivity contribution in [3.8, 4) is 17.1 Å². The smallest absolute Gasteiger partial charge is 0.340 e. The second-order valence-electron chi connectivity index (χ2n) is 10.2. The van der Waals surface area contributed by atoms with Gasteiger partial charge in [-0.05, 0) is 90.6 Å². The number of esters is 1. The molecule has 0 N–H and O–H groups in total. The molecule has 1 aliphatic rings. The Kier molecular flexibility index (Phi) is 12.8. The van der Waals surface area contributed by atoms with Crippen LogP contribution in [0.4, 0.5) is 4.39 Å². The molecule has 0 aliphatic heterocycles. The topological polar surface area (TPSA) is 61.3 Å². The molecule has 7 heteroatoms. The first-order valence-electron chi connectivity index (χ1n) is 14.1. The van der Waals surface area contributed by atoms with Crippen LogP contribution in [0.25, 0.3) is 11.4 Å². The van der Waals surface area contributed by atoms with Crippen molar-refractivity contribution in [2.45, 2.75) is 110 Å². The molecule has 0 radical (unpaired) electrons. The Bertz CT molecular complexity index is 948. The minimum atomic E-state index is -1.50. The van der Waals surface area contributed by atoms with Gasteiger partial charge in [0.1, 0.15) is 11.9 Å². The molecule has 37 heavy (non-hydrogen) atoms. The third-order valence-corrected chi connectivity index (χ3v) is 7.70. The molecule has 1 aromatic heterocycles. The van der Waals surface area contributed by atoms with E-state index in [4.69, 9.17) is 9.47 Å². The zero-order valence-electron chi connectivity index (χ0n) is 22.4. The van der Waals surface area contributed by atoms with Gasteiger partial charge >= 0.3 is 5.97 Å². The minimum Gasteiger partial charge on any atom is -0.492 e. The number of carbonyl (C=O) groups excluding carboxylic acids is 1. The van der Waals surface area contributed by atoms with Crippen LogP contribution in [-0.4, -0.2) is 34.8 Å². The van der Waals surface area contributed by atoms with Crippen LogP contribution in [0.3, 0.4) is 0 Å². The Labute approximate surface area is 230 Å². The molecule has 5 nitrogen and oxygen atoms in total. The van der Waals surface area contributed by atoms with E-state index in [9.17, 15) is 9.18 Å². The van der Waals surface area contributed by atoms with Crippen molar-refractivity contribution in [3.05, 3.63) is 40.6 Å². The van der Waals surface area contributed by atoms with E-state index in [1.54, 1.807) is 0 Å². The van der Waals surface area contributed by atoms with Crippen LogP contribution in [0.2, 0.25) is 0 Å². The Morgan fingerprint density at radius 2 is 1.73 bits per heavy atom. The SMILES string of the molecule is CCCCCCCc1cnc(-c2ccc(OCC3CCC(OC(=O)[C@@H](F)CCCC)CC3)c(Br)c2)nc1. The molecule has 0 amide bonds. The van der Waals surface area contributed by atoms with E-state index in [0.717, 1.165) is 54.3 Å². The highest BCUT2D eigenvalue weighted by molar-refractivity contribution is 9.10. The Morgan fingerprint density at radius 1 is 1.03 bits per heavy atom. The van der Waals surface area contributed by atoms with Gasteiger partial charge in [0.15, 0.2) is 12.0 Å². The first kappa shape index (κ1) is 29.5. The Hall–Kier alpha value is -2.02. The fraction of sp³-hybridized carbons (Fsp3) is 0.633. The van der Waals surface area contributed by atoms with Crippen LogP contribution < -0.4 is 4.74 Å². The number of halogens is 2. The lowest BCUT2D eigenvalue weighted by molar-refractivity contribution is -0.157. The van der Waals surface area contributed by atoms with E-state index in [1.165, 1.54) is 37.7 Å². The highest BCUT2D eigenvalue weighted by atomic mass is 79.9. The summed E-state index contributed by atoms with van der Waals surface area (Å²) in [6, 6.07) is 5.94. The van der Waals surface area contributed by atoms with E-state index >= 15 is 0 Å². The van der Waals surface area contributed by atoms with Crippen molar-refractivity contribution in [1.29, 1.82) is 0 Å². The number of rotatable bonds is 15. The van der Waals surface area contributed by atoms with Gasteiger partial charge in [-0.25, -0.2) is 19.2 Å². The van der Waals surface area contributed by atoms with Gasteiger partial charge in [0.2, 0.25) is 0 Å². The van der Waals surface area contributed by atoms with Crippen LogP contribution >= 0.6 is 15.9 Å². The maximum absolute atomic E-state index is 13.9. The van der Waals surface area contributed by atoms with Crippen LogP contribution in [0.1, 0.15) is 96.5 Å². The maximum atomic E-state index is 13.9. The van der Waals surface area contributed by atoms with Crippen molar-refractivity contribution in [2.24, 2.45) is 5.92 Å². The summed E-state index contributed by atoms with van der Waals surface area (Å²) in [5.74, 6) is 1.19. The van der Waals surface area contributed by atoms with Crippen molar-refractivity contribution in [1.82, 2.24) is 9.97 Å². The summed E-state index contributed by atoms with van der Waals surface area (Å²) in [6.45, 7) is 4.82. The predicted molar refractivity (Wildman–Crippen MR) is 149 cm³/mol. The number of alkyl halides is 1. The molecule has 3 rings (SSSR count). The Morgan fingerprint density at radius 3 is 2.41 bits per heavy atom. The average Bonchev–Trinajstić information content (AvgIpc) is 2.92. The van der Waals surface area contributed by atoms with E-state index in [0.29, 0.717) is 24.8 Å². The molecule has 1 atom stereocenters. The van der Waals surface area contributed by atoms with Gasteiger partial charge in [-0.1, -0.05) is 52.4 Å². The quantitative estimate of drug-likeness (QED) is 0.157. The van der Waals surface area contributed by atoms with Gasteiger partial charge < -0.3 is 9.47 Å². The zero-order valence-corrected chi connectivity index (χ0v) is 24.0. The van der Waals surface area contributed by atoms with Gasteiger partial charge in [-0.3, -0.25) is 0 Å². The number of hydrogen-bond acceptors (Lipinski definition) is 5. The number of benzene rings is 1.